The summed E-state index contributed by atoms with van der Waals surface area (Å²) in [5.74, 6) is 0.184. The predicted molar refractivity (Wildman–Crippen MR) is 95.9 cm³/mol. The van der Waals surface area contributed by atoms with E-state index in [0.29, 0.717) is 23.9 Å². The molecule has 2 aromatic rings. The monoisotopic (exact) mass is 377 g/mol. The Bertz CT molecular complexity index is 690. The molecular formula is C16H20BrN5O. The van der Waals surface area contributed by atoms with E-state index in [4.69, 9.17) is 0 Å². The third-order valence-corrected chi connectivity index (χ3v) is 4.01. The fraction of sp³-hybridized carbons (Fsp3) is 0.312. The average molecular weight is 378 g/mol. The van der Waals surface area contributed by atoms with E-state index in [2.05, 4.69) is 41.4 Å². The Balaban J connectivity index is 2.02. The number of hydrogen-bond donors (Lipinski definition) is 2. The number of halogens is 1. The SMILES string of the molecule is Cc1ccc(NC(=O)c2ccnc(NCCN(C)C)n2)cc1Br. The lowest BCUT2D eigenvalue weighted by Gasteiger charge is -2.11. The van der Waals surface area contributed by atoms with Crippen molar-refractivity contribution in [2.24, 2.45) is 0 Å². The van der Waals surface area contributed by atoms with Gasteiger partial charge in [0.05, 0.1) is 0 Å². The van der Waals surface area contributed by atoms with Crippen LogP contribution in [0.25, 0.3) is 0 Å². The van der Waals surface area contributed by atoms with Crippen molar-refractivity contribution in [3.05, 3.63) is 46.2 Å². The Morgan fingerprint density at radius 2 is 2.09 bits per heavy atom. The number of anilines is 2. The Morgan fingerprint density at radius 1 is 1.30 bits per heavy atom. The Morgan fingerprint density at radius 3 is 2.78 bits per heavy atom. The number of benzene rings is 1. The van der Waals surface area contributed by atoms with Crippen LogP contribution in [0.1, 0.15) is 16.1 Å². The first-order valence-electron chi connectivity index (χ1n) is 7.25. The number of aryl methyl sites for hydroxylation is 1. The van der Waals surface area contributed by atoms with Crippen LogP contribution in [-0.2, 0) is 0 Å². The number of rotatable bonds is 6. The van der Waals surface area contributed by atoms with Gasteiger partial charge >= 0.3 is 0 Å². The molecule has 23 heavy (non-hydrogen) atoms. The second-order valence-corrected chi connectivity index (χ2v) is 6.27. The molecule has 1 aromatic carbocycles. The molecule has 1 amide bonds. The van der Waals surface area contributed by atoms with Gasteiger partial charge < -0.3 is 15.5 Å². The molecule has 0 bridgehead atoms. The highest BCUT2D eigenvalue weighted by molar-refractivity contribution is 9.10. The smallest absolute Gasteiger partial charge is 0.274 e. The second-order valence-electron chi connectivity index (χ2n) is 5.41. The number of aromatic nitrogens is 2. The summed E-state index contributed by atoms with van der Waals surface area (Å²) in [7, 11) is 3.98. The Kier molecular flexibility index (Phi) is 6.06. The largest absolute Gasteiger partial charge is 0.353 e. The van der Waals surface area contributed by atoms with Gasteiger partial charge in [0.2, 0.25) is 5.95 Å². The van der Waals surface area contributed by atoms with Crippen LogP contribution >= 0.6 is 15.9 Å². The predicted octanol–water partition coefficient (Wildman–Crippen LogP) is 2.77. The topological polar surface area (TPSA) is 70.2 Å². The molecule has 7 heteroatoms. The zero-order valence-electron chi connectivity index (χ0n) is 13.4. The molecule has 2 rings (SSSR count). The highest BCUT2D eigenvalue weighted by Gasteiger charge is 2.10. The molecule has 0 saturated heterocycles. The van der Waals surface area contributed by atoms with E-state index in [1.807, 2.05) is 39.2 Å². The molecular weight excluding hydrogens is 358 g/mol. The molecule has 1 aromatic heterocycles. The third kappa shape index (κ3) is 5.30. The van der Waals surface area contributed by atoms with E-state index in [1.54, 1.807) is 12.3 Å². The van der Waals surface area contributed by atoms with Gasteiger partial charge in [-0.25, -0.2) is 9.97 Å². The maximum Gasteiger partial charge on any atom is 0.274 e. The highest BCUT2D eigenvalue weighted by atomic mass is 79.9. The van der Waals surface area contributed by atoms with E-state index in [-0.39, 0.29) is 5.91 Å². The molecule has 0 unspecified atom stereocenters. The van der Waals surface area contributed by atoms with Gasteiger partial charge in [0.25, 0.3) is 5.91 Å². The van der Waals surface area contributed by atoms with Crippen molar-refractivity contribution in [2.75, 3.05) is 37.8 Å². The van der Waals surface area contributed by atoms with E-state index in [0.717, 1.165) is 16.6 Å². The molecule has 2 N–H and O–H groups in total. The maximum absolute atomic E-state index is 12.3. The average Bonchev–Trinajstić information content (AvgIpc) is 2.51. The van der Waals surface area contributed by atoms with Gasteiger partial charge in [-0.1, -0.05) is 22.0 Å². The van der Waals surface area contributed by atoms with Crippen molar-refractivity contribution in [3.8, 4) is 0 Å². The normalized spacial score (nSPS) is 10.7. The molecule has 0 saturated carbocycles. The summed E-state index contributed by atoms with van der Waals surface area (Å²) in [6, 6.07) is 7.25. The molecule has 0 fully saturated rings. The highest BCUT2D eigenvalue weighted by Crippen LogP contribution is 2.21. The number of hydrogen-bond acceptors (Lipinski definition) is 5. The van der Waals surface area contributed by atoms with E-state index in [1.165, 1.54) is 0 Å². The molecule has 1 heterocycles. The van der Waals surface area contributed by atoms with Crippen LogP contribution in [0, 0.1) is 6.92 Å². The first-order valence-corrected chi connectivity index (χ1v) is 8.04. The second kappa shape index (κ2) is 8.03. The van der Waals surface area contributed by atoms with Crippen LogP contribution in [0.4, 0.5) is 11.6 Å². The lowest BCUT2D eigenvalue weighted by atomic mass is 10.2. The number of nitrogens with zero attached hydrogens (tertiary/aromatic N) is 3. The summed E-state index contributed by atoms with van der Waals surface area (Å²) in [5, 5.41) is 5.93. The lowest BCUT2D eigenvalue weighted by molar-refractivity contribution is 0.102. The van der Waals surface area contributed by atoms with Crippen molar-refractivity contribution >= 4 is 33.5 Å². The minimum atomic E-state index is -0.265. The van der Waals surface area contributed by atoms with Crippen LogP contribution in [0.15, 0.2) is 34.9 Å². The fourth-order valence-corrected chi connectivity index (χ4v) is 2.21. The first kappa shape index (κ1) is 17.4. The molecule has 0 aliphatic heterocycles. The summed E-state index contributed by atoms with van der Waals surface area (Å²) in [5.41, 5.74) is 2.15. The summed E-state index contributed by atoms with van der Waals surface area (Å²) in [4.78, 5) is 22.7. The molecule has 0 aliphatic rings. The van der Waals surface area contributed by atoms with Crippen molar-refractivity contribution in [3.63, 3.8) is 0 Å². The zero-order chi connectivity index (χ0) is 16.8. The van der Waals surface area contributed by atoms with Gasteiger partial charge in [-0.2, -0.15) is 0 Å². The summed E-state index contributed by atoms with van der Waals surface area (Å²) < 4.78 is 0.948. The number of carbonyl (C=O) groups excluding carboxylic acids is 1. The first-order chi connectivity index (χ1) is 11.0. The van der Waals surface area contributed by atoms with Crippen LogP contribution < -0.4 is 10.6 Å². The zero-order valence-corrected chi connectivity index (χ0v) is 15.0. The van der Waals surface area contributed by atoms with Crippen LogP contribution in [0.2, 0.25) is 0 Å². The molecule has 122 valence electrons. The summed E-state index contributed by atoms with van der Waals surface area (Å²) in [6.45, 7) is 3.56. The minimum Gasteiger partial charge on any atom is -0.353 e. The van der Waals surface area contributed by atoms with Gasteiger partial charge in [0.15, 0.2) is 0 Å². The van der Waals surface area contributed by atoms with Gasteiger partial charge in [0.1, 0.15) is 5.69 Å². The van der Waals surface area contributed by atoms with Crippen molar-refractivity contribution < 1.29 is 4.79 Å². The van der Waals surface area contributed by atoms with E-state index in [9.17, 15) is 4.79 Å². The molecule has 0 spiro atoms. The Hall–Kier alpha value is -1.99. The third-order valence-electron chi connectivity index (χ3n) is 3.16. The minimum absolute atomic E-state index is 0.265. The standard InChI is InChI=1S/C16H20BrN5O/c1-11-4-5-12(10-13(11)17)20-15(23)14-6-7-18-16(21-14)19-8-9-22(2)3/h4-7,10H,8-9H2,1-3H3,(H,20,23)(H,18,19,21). The number of carbonyl (C=O) groups is 1. The molecule has 0 aliphatic carbocycles. The van der Waals surface area contributed by atoms with Crippen LogP contribution in [0.5, 0.6) is 0 Å². The maximum atomic E-state index is 12.3. The van der Waals surface area contributed by atoms with Crippen LogP contribution in [-0.4, -0.2) is 48.0 Å². The lowest BCUT2D eigenvalue weighted by Crippen LogP contribution is -2.22. The summed E-state index contributed by atoms with van der Waals surface area (Å²) in [6.07, 6.45) is 1.57. The molecule has 0 radical (unpaired) electrons. The van der Waals surface area contributed by atoms with Gasteiger partial charge in [-0.15, -0.1) is 0 Å². The number of nitrogens with one attached hydrogen (secondary N) is 2. The number of likely N-dealkylation sites (N-methyl/N-ethyl adjacent to an activating group) is 1. The van der Waals surface area contributed by atoms with Gasteiger partial charge in [-0.05, 0) is 44.8 Å². The van der Waals surface area contributed by atoms with Gasteiger partial charge in [0, 0.05) is 29.4 Å². The van der Waals surface area contributed by atoms with Crippen molar-refractivity contribution in [2.45, 2.75) is 6.92 Å². The van der Waals surface area contributed by atoms with Crippen molar-refractivity contribution in [1.29, 1.82) is 0 Å². The van der Waals surface area contributed by atoms with E-state index >= 15 is 0 Å². The van der Waals surface area contributed by atoms with Crippen LogP contribution in [0.3, 0.4) is 0 Å². The molecule has 6 nitrogen and oxygen atoms in total. The summed E-state index contributed by atoms with van der Waals surface area (Å²) >= 11 is 3.45. The quantitative estimate of drug-likeness (QED) is 0.809. The van der Waals surface area contributed by atoms with Crippen molar-refractivity contribution in [1.82, 2.24) is 14.9 Å². The van der Waals surface area contributed by atoms with E-state index < -0.39 is 0 Å². The molecule has 0 atom stereocenters. The number of amides is 1. The van der Waals surface area contributed by atoms with Gasteiger partial charge in [-0.3, -0.25) is 4.79 Å². The Labute approximate surface area is 144 Å². The fourth-order valence-electron chi connectivity index (χ4n) is 1.83.